The molecule has 0 saturated carbocycles. The van der Waals surface area contributed by atoms with E-state index in [1.165, 1.54) is 0 Å². The van der Waals surface area contributed by atoms with Crippen molar-refractivity contribution in [3.8, 4) is 0 Å². The second-order valence-corrected chi connectivity index (χ2v) is 5.79. The number of rotatable bonds is 4. The van der Waals surface area contributed by atoms with E-state index in [4.69, 9.17) is 0 Å². The van der Waals surface area contributed by atoms with Crippen molar-refractivity contribution < 1.29 is 9.59 Å². The van der Waals surface area contributed by atoms with E-state index in [9.17, 15) is 9.59 Å². The van der Waals surface area contributed by atoms with Gasteiger partial charge in [-0.1, -0.05) is 48.5 Å². The van der Waals surface area contributed by atoms with Gasteiger partial charge >= 0.3 is 0 Å². The summed E-state index contributed by atoms with van der Waals surface area (Å²) >= 11 is 0. The Kier molecular flexibility index (Phi) is 4.71. The van der Waals surface area contributed by atoms with E-state index in [2.05, 4.69) is 5.32 Å². The number of carbonyl (C=O) groups is 2. The summed E-state index contributed by atoms with van der Waals surface area (Å²) in [4.78, 5) is 26.4. The summed E-state index contributed by atoms with van der Waals surface area (Å²) in [5.41, 5.74) is 1.94. The van der Waals surface area contributed by atoms with E-state index < -0.39 is 0 Å². The van der Waals surface area contributed by atoms with Crippen LogP contribution in [-0.4, -0.2) is 18.4 Å². The second-order valence-electron chi connectivity index (χ2n) is 5.79. The fourth-order valence-electron chi connectivity index (χ4n) is 2.89. The van der Waals surface area contributed by atoms with Crippen molar-refractivity contribution in [3.63, 3.8) is 0 Å². The average Bonchev–Trinajstić information content (AvgIpc) is 2.61. The Morgan fingerprint density at radius 1 is 1.04 bits per heavy atom. The minimum Gasteiger partial charge on any atom is -0.356 e. The molecule has 1 heterocycles. The number of carbonyl (C=O) groups excluding carboxylic acids is 2. The third-order valence-corrected chi connectivity index (χ3v) is 4.11. The molecule has 0 aliphatic carbocycles. The molecule has 1 unspecified atom stereocenters. The van der Waals surface area contributed by atoms with Crippen molar-refractivity contribution in [1.82, 2.24) is 5.32 Å². The zero-order valence-corrected chi connectivity index (χ0v) is 12.9. The molecule has 1 aliphatic rings. The molecule has 2 aromatic carbocycles. The highest BCUT2D eigenvalue weighted by Gasteiger charge is 2.30. The molecule has 118 valence electrons. The van der Waals surface area contributed by atoms with Gasteiger partial charge in [-0.25, -0.2) is 0 Å². The SMILES string of the molecule is O=C1CC(C(=O)N(Cc2ccccc2)c2ccccc2)CCN1. The van der Waals surface area contributed by atoms with E-state index >= 15 is 0 Å². The molecule has 4 heteroatoms. The Bertz CT molecular complexity index is 670. The van der Waals surface area contributed by atoms with Gasteiger partial charge in [0.15, 0.2) is 0 Å². The van der Waals surface area contributed by atoms with Crippen molar-refractivity contribution in [2.75, 3.05) is 11.4 Å². The van der Waals surface area contributed by atoms with E-state index in [1.54, 1.807) is 4.90 Å². The highest BCUT2D eigenvalue weighted by atomic mass is 16.2. The maximum atomic E-state index is 13.0. The van der Waals surface area contributed by atoms with Gasteiger partial charge in [-0.05, 0) is 24.1 Å². The Morgan fingerprint density at radius 2 is 1.70 bits per heavy atom. The summed E-state index contributed by atoms with van der Waals surface area (Å²) in [5, 5.41) is 2.79. The molecule has 23 heavy (non-hydrogen) atoms. The first-order chi connectivity index (χ1) is 11.2. The van der Waals surface area contributed by atoms with Gasteiger partial charge in [-0.15, -0.1) is 0 Å². The molecule has 2 aromatic rings. The summed E-state index contributed by atoms with van der Waals surface area (Å²) in [6.45, 7) is 1.09. The molecule has 4 nitrogen and oxygen atoms in total. The molecule has 2 amide bonds. The predicted molar refractivity (Wildman–Crippen MR) is 89.8 cm³/mol. The van der Waals surface area contributed by atoms with Gasteiger partial charge < -0.3 is 10.2 Å². The normalized spacial score (nSPS) is 17.4. The van der Waals surface area contributed by atoms with Gasteiger partial charge in [0, 0.05) is 24.6 Å². The molecule has 0 spiro atoms. The standard InChI is InChI=1S/C19H20N2O2/c22-18-13-16(11-12-20-18)19(23)21(17-9-5-2-6-10-17)14-15-7-3-1-4-8-15/h1-10,16H,11-14H2,(H,20,22). The number of piperidine rings is 1. The van der Waals surface area contributed by atoms with Crippen molar-refractivity contribution in [2.24, 2.45) is 5.92 Å². The summed E-state index contributed by atoms with van der Waals surface area (Å²) in [5.74, 6) is -0.259. The van der Waals surface area contributed by atoms with Gasteiger partial charge in [-0.2, -0.15) is 0 Å². The first kappa shape index (κ1) is 15.3. The highest BCUT2D eigenvalue weighted by molar-refractivity contribution is 5.97. The number of hydrogen-bond donors (Lipinski definition) is 1. The second kappa shape index (κ2) is 7.09. The predicted octanol–water partition coefficient (Wildman–Crippen LogP) is 2.75. The van der Waals surface area contributed by atoms with Crippen molar-refractivity contribution >= 4 is 17.5 Å². The number of anilines is 1. The molecule has 0 aromatic heterocycles. The fraction of sp³-hybridized carbons (Fsp3) is 0.263. The Balaban J connectivity index is 1.85. The van der Waals surface area contributed by atoms with E-state index in [0.29, 0.717) is 19.5 Å². The van der Waals surface area contributed by atoms with E-state index in [-0.39, 0.29) is 24.2 Å². The largest absolute Gasteiger partial charge is 0.356 e. The van der Waals surface area contributed by atoms with Crippen LogP contribution in [0.3, 0.4) is 0 Å². The van der Waals surface area contributed by atoms with Gasteiger partial charge in [0.25, 0.3) is 0 Å². The highest BCUT2D eigenvalue weighted by Crippen LogP contribution is 2.23. The van der Waals surface area contributed by atoms with Crippen LogP contribution in [0, 0.1) is 5.92 Å². The third kappa shape index (κ3) is 3.77. The van der Waals surface area contributed by atoms with Crippen LogP contribution in [0.25, 0.3) is 0 Å². The quantitative estimate of drug-likeness (QED) is 0.944. The number of hydrogen-bond acceptors (Lipinski definition) is 2. The molecular formula is C19H20N2O2. The molecule has 1 atom stereocenters. The molecule has 1 N–H and O–H groups in total. The first-order valence-electron chi connectivity index (χ1n) is 7.91. The van der Waals surface area contributed by atoms with E-state index in [1.807, 2.05) is 60.7 Å². The topological polar surface area (TPSA) is 49.4 Å². The molecule has 0 radical (unpaired) electrons. The van der Waals surface area contributed by atoms with Crippen molar-refractivity contribution in [3.05, 3.63) is 66.2 Å². The number of para-hydroxylation sites is 1. The van der Waals surface area contributed by atoms with Crippen LogP contribution in [0.4, 0.5) is 5.69 Å². The van der Waals surface area contributed by atoms with Crippen LogP contribution in [0.1, 0.15) is 18.4 Å². The molecule has 3 rings (SSSR count). The van der Waals surface area contributed by atoms with Gasteiger partial charge in [0.1, 0.15) is 0 Å². The smallest absolute Gasteiger partial charge is 0.230 e. The monoisotopic (exact) mass is 308 g/mol. The van der Waals surface area contributed by atoms with Crippen molar-refractivity contribution in [2.45, 2.75) is 19.4 Å². The zero-order chi connectivity index (χ0) is 16.1. The minimum atomic E-state index is -0.243. The van der Waals surface area contributed by atoms with Crippen LogP contribution in [0.15, 0.2) is 60.7 Å². The summed E-state index contributed by atoms with van der Waals surface area (Å²) in [6.07, 6.45) is 0.972. The summed E-state index contributed by atoms with van der Waals surface area (Å²) in [6, 6.07) is 19.6. The Labute approximate surface area is 136 Å². The maximum Gasteiger partial charge on any atom is 0.230 e. The lowest BCUT2D eigenvalue weighted by atomic mass is 9.95. The Morgan fingerprint density at radius 3 is 2.35 bits per heavy atom. The third-order valence-electron chi connectivity index (χ3n) is 4.11. The molecule has 1 fully saturated rings. The Hall–Kier alpha value is -2.62. The minimum absolute atomic E-state index is 0.0231. The lowest BCUT2D eigenvalue weighted by Gasteiger charge is -2.29. The number of nitrogens with one attached hydrogen (secondary N) is 1. The lowest BCUT2D eigenvalue weighted by Crippen LogP contribution is -2.43. The van der Waals surface area contributed by atoms with E-state index in [0.717, 1.165) is 11.3 Å². The first-order valence-corrected chi connectivity index (χ1v) is 7.91. The van der Waals surface area contributed by atoms with Crippen LogP contribution in [0.2, 0.25) is 0 Å². The average molecular weight is 308 g/mol. The maximum absolute atomic E-state index is 13.0. The summed E-state index contributed by atoms with van der Waals surface area (Å²) in [7, 11) is 0. The van der Waals surface area contributed by atoms with Gasteiger partial charge in [0.05, 0.1) is 6.54 Å². The van der Waals surface area contributed by atoms with Crippen LogP contribution >= 0.6 is 0 Å². The molecule has 1 aliphatic heterocycles. The van der Waals surface area contributed by atoms with Crippen LogP contribution in [0.5, 0.6) is 0 Å². The van der Waals surface area contributed by atoms with Gasteiger partial charge in [0.2, 0.25) is 11.8 Å². The molecule has 1 saturated heterocycles. The molecule has 0 bridgehead atoms. The molecular weight excluding hydrogens is 288 g/mol. The van der Waals surface area contributed by atoms with Crippen LogP contribution < -0.4 is 10.2 Å². The number of amides is 2. The lowest BCUT2D eigenvalue weighted by molar-refractivity contribution is -0.130. The van der Waals surface area contributed by atoms with Crippen molar-refractivity contribution in [1.29, 1.82) is 0 Å². The fourth-order valence-corrected chi connectivity index (χ4v) is 2.89. The van der Waals surface area contributed by atoms with Gasteiger partial charge in [-0.3, -0.25) is 9.59 Å². The zero-order valence-electron chi connectivity index (χ0n) is 12.9. The summed E-state index contributed by atoms with van der Waals surface area (Å²) < 4.78 is 0. The number of benzene rings is 2. The van der Waals surface area contributed by atoms with Crippen LogP contribution in [-0.2, 0) is 16.1 Å². The number of nitrogens with zero attached hydrogens (tertiary/aromatic N) is 1.